The number of carbonyl (C=O) groups is 1. The van der Waals surface area contributed by atoms with E-state index in [1.54, 1.807) is 19.0 Å². The minimum absolute atomic E-state index is 0.0702. The van der Waals surface area contributed by atoms with Gasteiger partial charge in [-0.2, -0.15) is 0 Å². The van der Waals surface area contributed by atoms with Gasteiger partial charge in [0.05, 0.1) is 6.26 Å². The maximum atomic E-state index is 11.8. The van der Waals surface area contributed by atoms with Gasteiger partial charge in [0, 0.05) is 39.8 Å². The predicted molar refractivity (Wildman–Crippen MR) is 79.1 cm³/mol. The molecule has 1 heterocycles. The second-order valence-electron chi connectivity index (χ2n) is 5.41. The molecule has 1 rings (SSSR count). The van der Waals surface area contributed by atoms with Crippen LogP contribution < -0.4 is 10.0 Å². The maximum Gasteiger partial charge on any atom is 0.319 e. The standard InChI is InChI=1S/C12H26N4O3S/c1-15(2)12(17)16-9-5-11(6-10-16)13-7-4-8-14-20(3,18)19/h11,13-14H,4-10H2,1-3H3. The molecule has 0 aromatic heterocycles. The Morgan fingerprint density at radius 2 is 1.85 bits per heavy atom. The number of likely N-dealkylation sites (tertiary alicyclic amines) is 1. The van der Waals surface area contributed by atoms with Crippen molar-refractivity contribution in [3.05, 3.63) is 0 Å². The summed E-state index contributed by atoms with van der Waals surface area (Å²) in [5.41, 5.74) is 0. The number of carbonyl (C=O) groups excluding carboxylic acids is 1. The molecule has 1 aliphatic rings. The molecule has 1 saturated heterocycles. The lowest BCUT2D eigenvalue weighted by Crippen LogP contribution is -2.48. The van der Waals surface area contributed by atoms with Crippen molar-refractivity contribution in [1.82, 2.24) is 19.8 Å². The van der Waals surface area contributed by atoms with Gasteiger partial charge in [-0.3, -0.25) is 0 Å². The van der Waals surface area contributed by atoms with Crippen LogP contribution in [0.25, 0.3) is 0 Å². The highest BCUT2D eigenvalue weighted by Crippen LogP contribution is 2.11. The van der Waals surface area contributed by atoms with Crippen LogP contribution >= 0.6 is 0 Å². The summed E-state index contributed by atoms with van der Waals surface area (Å²) < 4.78 is 24.2. The van der Waals surface area contributed by atoms with E-state index in [0.29, 0.717) is 12.6 Å². The van der Waals surface area contributed by atoms with E-state index in [4.69, 9.17) is 0 Å². The van der Waals surface area contributed by atoms with Gasteiger partial charge in [0.2, 0.25) is 10.0 Å². The van der Waals surface area contributed by atoms with Crippen molar-refractivity contribution in [3.63, 3.8) is 0 Å². The Morgan fingerprint density at radius 1 is 1.25 bits per heavy atom. The van der Waals surface area contributed by atoms with Gasteiger partial charge >= 0.3 is 6.03 Å². The minimum Gasteiger partial charge on any atom is -0.331 e. The van der Waals surface area contributed by atoms with Crippen LogP contribution in [0.3, 0.4) is 0 Å². The van der Waals surface area contributed by atoms with Crippen LogP contribution in [0, 0.1) is 0 Å². The van der Waals surface area contributed by atoms with Crippen molar-refractivity contribution in [2.75, 3.05) is 46.5 Å². The summed E-state index contributed by atoms with van der Waals surface area (Å²) in [4.78, 5) is 15.2. The molecule has 0 spiro atoms. The smallest absolute Gasteiger partial charge is 0.319 e. The van der Waals surface area contributed by atoms with Gasteiger partial charge in [-0.25, -0.2) is 17.9 Å². The molecule has 0 radical (unpaired) electrons. The molecule has 0 aromatic carbocycles. The van der Waals surface area contributed by atoms with Crippen molar-refractivity contribution in [2.24, 2.45) is 0 Å². The molecule has 20 heavy (non-hydrogen) atoms. The Labute approximate surface area is 121 Å². The van der Waals surface area contributed by atoms with E-state index in [9.17, 15) is 13.2 Å². The molecule has 118 valence electrons. The van der Waals surface area contributed by atoms with Crippen molar-refractivity contribution in [2.45, 2.75) is 25.3 Å². The molecule has 0 unspecified atom stereocenters. The number of hydrogen-bond donors (Lipinski definition) is 2. The Bertz CT molecular complexity index is 403. The van der Waals surface area contributed by atoms with Crippen LogP contribution in [0.1, 0.15) is 19.3 Å². The number of nitrogens with zero attached hydrogens (tertiary/aromatic N) is 2. The highest BCUT2D eigenvalue weighted by molar-refractivity contribution is 7.88. The molecule has 0 bridgehead atoms. The molecule has 7 nitrogen and oxygen atoms in total. The van der Waals surface area contributed by atoms with E-state index >= 15 is 0 Å². The van der Waals surface area contributed by atoms with Crippen molar-refractivity contribution in [1.29, 1.82) is 0 Å². The quantitative estimate of drug-likeness (QED) is 0.658. The SMILES string of the molecule is CN(C)C(=O)N1CCC(NCCCNS(C)(=O)=O)CC1. The zero-order chi connectivity index (χ0) is 15.2. The van der Waals surface area contributed by atoms with E-state index in [-0.39, 0.29) is 6.03 Å². The van der Waals surface area contributed by atoms with Gasteiger partial charge in [-0.1, -0.05) is 0 Å². The Balaban J connectivity index is 2.12. The fourth-order valence-electron chi connectivity index (χ4n) is 2.21. The average molecular weight is 306 g/mol. The van der Waals surface area contributed by atoms with Crippen LogP contribution in [0.2, 0.25) is 0 Å². The fourth-order valence-corrected chi connectivity index (χ4v) is 2.73. The van der Waals surface area contributed by atoms with Crippen LogP contribution in [-0.2, 0) is 10.0 Å². The highest BCUT2D eigenvalue weighted by Gasteiger charge is 2.23. The van der Waals surface area contributed by atoms with Gasteiger partial charge in [0.15, 0.2) is 0 Å². The molecule has 1 fully saturated rings. The van der Waals surface area contributed by atoms with Crippen LogP contribution in [0.4, 0.5) is 4.79 Å². The van der Waals surface area contributed by atoms with E-state index in [1.165, 1.54) is 0 Å². The van der Waals surface area contributed by atoms with Crippen molar-refractivity contribution >= 4 is 16.1 Å². The molecule has 2 amide bonds. The molecule has 0 aliphatic carbocycles. The van der Waals surface area contributed by atoms with Gasteiger partial charge in [0.25, 0.3) is 0 Å². The number of sulfonamides is 1. The van der Waals surface area contributed by atoms with Crippen molar-refractivity contribution < 1.29 is 13.2 Å². The van der Waals surface area contributed by atoms with Gasteiger partial charge in [-0.15, -0.1) is 0 Å². The third kappa shape index (κ3) is 6.53. The monoisotopic (exact) mass is 306 g/mol. The summed E-state index contributed by atoms with van der Waals surface area (Å²) in [5.74, 6) is 0. The van der Waals surface area contributed by atoms with Crippen LogP contribution in [-0.4, -0.2) is 76.8 Å². The third-order valence-corrected chi connectivity index (χ3v) is 4.03. The maximum absolute atomic E-state index is 11.8. The summed E-state index contributed by atoms with van der Waals surface area (Å²) in [5, 5.41) is 3.41. The zero-order valence-electron chi connectivity index (χ0n) is 12.6. The normalized spacial score (nSPS) is 17.2. The lowest BCUT2D eigenvalue weighted by molar-refractivity contribution is 0.152. The lowest BCUT2D eigenvalue weighted by Gasteiger charge is -2.34. The number of urea groups is 1. The summed E-state index contributed by atoms with van der Waals surface area (Å²) in [6.45, 7) is 2.80. The molecule has 1 aliphatic heterocycles. The van der Waals surface area contributed by atoms with Crippen molar-refractivity contribution in [3.8, 4) is 0 Å². The number of hydrogen-bond acceptors (Lipinski definition) is 4. The van der Waals surface area contributed by atoms with Gasteiger partial charge in [-0.05, 0) is 25.8 Å². The van der Waals surface area contributed by atoms with E-state index in [2.05, 4.69) is 10.0 Å². The Morgan fingerprint density at radius 3 is 2.35 bits per heavy atom. The zero-order valence-corrected chi connectivity index (χ0v) is 13.4. The first-order valence-electron chi connectivity index (χ1n) is 6.94. The average Bonchev–Trinajstić information content (AvgIpc) is 2.37. The van der Waals surface area contributed by atoms with Gasteiger partial charge in [0.1, 0.15) is 0 Å². The largest absolute Gasteiger partial charge is 0.331 e. The molecule has 2 N–H and O–H groups in total. The van der Waals surface area contributed by atoms with E-state index in [1.807, 2.05) is 4.90 Å². The summed E-state index contributed by atoms with van der Waals surface area (Å²) in [7, 11) is 0.450. The first-order chi connectivity index (χ1) is 9.29. The number of piperidine rings is 1. The first-order valence-corrected chi connectivity index (χ1v) is 8.83. The molecule has 0 saturated carbocycles. The highest BCUT2D eigenvalue weighted by atomic mass is 32.2. The molecule has 8 heteroatoms. The van der Waals surface area contributed by atoms with E-state index < -0.39 is 10.0 Å². The minimum atomic E-state index is -3.08. The van der Waals surface area contributed by atoms with Gasteiger partial charge < -0.3 is 15.1 Å². The second-order valence-corrected chi connectivity index (χ2v) is 7.25. The Kier molecular flexibility index (Phi) is 6.70. The number of nitrogens with one attached hydrogen (secondary N) is 2. The topological polar surface area (TPSA) is 81.8 Å². The third-order valence-electron chi connectivity index (χ3n) is 3.30. The molecule has 0 atom stereocenters. The summed E-state index contributed by atoms with van der Waals surface area (Å²) in [6.07, 6.45) is 3.82. The second kappa shape index (κ2) is 7.80. The molecule has 0 aromatic rings. The fraction of sp³-hybridized carbons (Fsp3) is 0.917. The van der Waals surface area contributed by atoms with Crippen LogP contribution in [0.5, 0.6) is 0 Å². The number of amides is 2. The lowest BCUT2D eigenvalue weighted by atomic mass is 10.1. The molecular formula is C12H26N4O3S. The predicted octanol–water partition coefficient (Wildman–Crippen LogP) is -0.339. The van der Waals surface area contributed by atoms with E-state index in [0.717, 1.165) is 45.2 Å². The molecular weight excluding hydrogens is 280 g/mol. The van der Waals surface area contributed by atoms with Crippen LogP contribution in [0.15, 0.2) is 0 Å². The number of rotatable bonds is 6. The summed E-state index contributed by atoms with van der Waals surface area (Å²) >= 11 is 0. The summed E-state index contributed by atoms with van der Waals surface area (Å²) in [6, 6.07) is 0.486. The Hall–Kier alpha value is -0.860. The first kappa shape index (κ1) is 17.2.